The molecule has 0 unspecified atom stereocenters. The van der Waals surface area contributed by atoms with Crippen molar-refractivity contribution in [3.05, 3.63) is 69.5 Å². The van der Waals surface area contributed by atoms with Gasteiger partial charge in [0.25, 0.3) is 5.56 Å². The second-order valence-electron chi connectivity index (χ2n) is 5.59. The van der Waals surface area contributed by atoms with Gasteiger partial charge in [-0.05, 0) is 30.2 Å². The number of halogens is 1. The van der Waals surface area contributed by atoms with Crippen LogP contribution in [0.15, 0.2) is 58.5 Å². The molecule has 0 aliphatic heterocycles. The Kier molecular flexibility index (Phi) is 6.13. The van der Waals surface area contributed by atoms with Gasteiger partial charge in [0.1, 0.15) is 0 Å². The number of benzene rings is 2. The highest BCUT2D eigenvalue weighted by Gasteiger charge is 2.12. The molecule has 0 fully saturated rings. The summed E-state index contributed by atoms with van der Waals surface area (Å²) in [7, 11) is 1.66. The first-order valence-corrected chi connectivity index (χ1v) is 9.42. The van der Waals surface area contributed by atoms with E-state index in [2.05, 4.69) is 0 Å². The maximum atomic E-state index is 12.9. The molecule has 0 amide bonds. The van der Waals surface area contributed by atoms with E-state index in [0.29, 0.717) is 29.4 Å². The Morgan fingerprint density at radius 1 is 1.16 bits per heavy atom. The van der Waals surface area contributed by atoms with Crippen molar-refractivity contribution in [1.29, 1.82) is 0 Å². The highest BCUT2D eigenvalue weighted by molar-refractivity contribution is 7.98. The molecule has 0 aliphatic rings. The van der Waals surface area contributed by atoms with Gasteiger partial charge < -0.3 is 4.74 Å². The summed E-state index contributed by atoms with van der Waals surface area (Å²) in [6.45, 7) is 1.18. The predicted molar refractivity (Wildman–Crippen MR) is 104 cm³/mol. The van der Waals surface area contributed by atoms with E-state index in [1.807, 2.05) is 48.5 Å². The molecule has 3 rings (SSSR count). The molecule has 4 nitrogen and oxygen atoms in total. The lowest BCUT2D eigenvalue weighted by Crippen LogP contribution is -2.24. The minimum Gasteiger partial charge on any atom is -0.385 e. The summed E-state index contributed by atoms with van der Waals surface area (Å²) in [4.78, 5) is 17.6. The number of nitrogens with zero attached hydrogens (tertiary/aromatic N) is 2. The number of para-hydroxylation sites is 1. The normalized spacial score (nSPS) is 11.1. The van der Waals surface area contributed by atoms with Crippen LogP contribution in [0.1, 0.15) is 12.0 Å². The van der Waals surface area contributed by atoms with Gasteiger partial charge in [-0.2, -0.15) is 0 Å². The number of thioether (sulfide) groups is 1. The number of methoxy groups -OCH3 is 1. The molecule has 25 heavy (non-hydrogen) atoms. The highest BCUT2D eigenvalue weighted by atomic mass is 35.5. The van der Waals surface area contributed by atoms with Crippen LogP contribution in [0.25, 0.3) is 10.9 Å². The van der Waals surface area contributed by atoms with Crippen LogP contribution in [0.2, 0.25) is 5.02 Å². The lowest BCUT2D eigenvalue weighted by atomic mass is 10.2. The van der Waals surface area contributed by atoms with Gasteiger partial charge in [-0.3, -0.25) is 9.36 Å². The fraction of sp³-hybridized carbons (Fsp3) is 0.263. The first-order valence-electron chi connectivity index (χ1n) is 8.05. The van der Waals surface area contributed by atoms with Crippen LogP contribution in [0, 0.1) is 0 Å². The van der Waals surface area contributed by atoms with Crippen molar-refractivity contribution >= 4 is 34.3 Å². The zero-order valence-corrected chi connectivity index (χ0v) is 15.5. The molecule has 1 heterocycles. The molecular formula is C19H19ClN2O2S. The molecule has 0 spiro atoms. The third-order valence-corrected chi connectivity index (χ3v) is 5.27. The third-order valence-electron chi connectivity index (χ3n) is 3.87. The van der Waals surface area contributed by atoms with Crippen LogP contribution < -0.4 is 5.56 Å². The van der Waals surface area contributed by atoms with E-state index < -0.39 is 0 Å². The van der Waals surface area contributed by atoms with Gasteiger partial charge in [0.2, 0.25) is 0 Å². The van der Waals surface area contributed by atoms with Gasteiger partial charge in [-0.1, -0.05) is 53.7 Å². The van der Waals surface area contributed by atoms with Gasteiger partial charge in [-0.15, -0.1) is 0 Å². The van der Waals surface area contributed by atoms with Gasteiger partial charge >= 0.3 is 0 Å². The molecular weight excluding hydrogens is 356 g/mol. The minimum atomic E-state index is -0.0108. The van der Waals surface area contributed by atoms with Crippen LogP contribution in [0.5, 0.6) is 0 Å². The van der Waals surface area contributed by atoms with Crippen molar-refractivity contribution in [3.63, 3.8) is 0 Å². The van der Waals surface area contributed by atoms with E-state index in [1.165, 1.54) is 11.8 Å². The summed E-state index contributed by atoms with van der Waals surface area (Å²) in [5.41, 5.74) is 1.74. The lowest BCUT2D eigenvalue weighted by molar-refractivity contribution is 0.189. The third kappa shape index (κ3) is 4.24. The van der Waals surface area contributed by atoms with Crippen molar-refractivity contribution in [1.82, 2.24) is 9.55 Å². The molecule has 130 valence electrons. The van der Waals surface area contributed by atoms with Crippen LogP contribution in [0.4, 0.5) is 0 Å². The molecule has 0 saturated heterocycles. The summed E-state index contributed by atoms with van der Waals surface area (Å²) in [6, 6.07) is 15.2. The van der Waals surface area contributed by atoms with Crippen LogP contribution in [0.3, 0.4) is 0 Å². The highest BCUT2D eigenvalue weighted by Crippen LogP contribution is 2.26. The minimum absolute atomic E-state index is 0.0108. The van der Waals surface area contributed by atoms with Gasteiger partial charge in [0.05, 0.1) is 10.9 Å². The molecule has 0 bridgehead atoms. The Labute approximate surface area is 155 Å². The Hall–Kier alpha value is -1.82. The van der Waals surface area contributed by atoms with Gasteiger partial charge in [0.15, 0.2) is 5.16 Å². The predicted octanol–water partition coefficient (Wildman–Crippen LogP) is 4.38. The average molecular weight is 375 g/mol. The number of rotatable bonds is 7. The molecule has 3 aromatic rings. The Balaban J connectivity index is 1.95. The molecule has 1 aromatic heterocycles. The molecule has 0 aliphatic carbocycles. The lowest BCUT2D eigenvalue weighted by Gasteiger charge is -2.13. The topological polar surface area (TPSA) is 44.1 Å². The first kappa shape index (κ1) is 18.0. The second-order valence-corrected chi connectivity index (χ2v) is 6.94. The van der Waals surface area contributed by atoms with Crippen LogP contribution in [-0.4, -0.2) is 23.3 Å². The maximum absolute atomic E-state index is 12.9. The molecule has 0 radical (unpaired) electrons. The number of hydrogen-bond donors (Lipinski definition) is 0. The van der Waals surface area contributed by atoms with E-state index in [4.69, 9.17) is 21.3 Å². The summed E-state index contributed by atoms with van der Waals surface area (Å²) in [5.74, 6) is 0.661. The van der Waals surface area contributed by atoms with E-state index in [0.717, 1.165) is 22.5 Å². The SMILES string of the molecule is COCCCn1c(SCc2ccccc2Cl)nc2ccccc2c1=O. The van der Waals surface area contributed by atoms with Gasteiger partial charge in [0, 0.05) is 31.0 Å². The largest absolute Gasteiger partial charge is 0.385 e. The standard InChI is InChI=1S/C19H19ClN2O2S/c1-24-12-6-11-22-18(23)15-8-3-5-10-17(15)21-19(22)25-13-14-7-2-4-9-16(14)20/h2-5,7-10H,6,11-13H2,1H3. The number of hydrogen-bond acceptors (Lipinski definition) is 4. The Morgan fingerprint density at radius 3 is 2.72 bits per heavy atom. The molecule has 6 heteroatoms. The maximum Gasteiger partial charge on any atom is 0.262 e. The Bertz CT molecular complexity index is 927. The molecule has 2 aromatic carbocycles. The summed E-state index contributed by atoms with van der Waals surface area (Å²) < 4.78 is 6.85. The van der Waals surface area contributed by atoms with Crippen LogP contribution >= 0.6 is 23.4 Å². The molecule has 0 atom stereocenters. The summed E-state index contributed by atoms with van der Waals surface area (Å²) >= 11 is 7.77. The van der Waals surface area contributed by atoms with E-state index in [1.54, 1.807) is 11.7 Å². The fourth-order valence-electron chi connectivity index (χ4n) is 2.58. The first-order chi connectivity index (χ1) is 12.2. The zero-order valence-electron chi connectivity index (χ0n) is 13.9. The molecule has 0 N–H and O–H groups in total. The number of ether oxygens (including phenoxy) is 1. The van der Waals surface area contributed by atoms with E-state index in [9.17, 15) is 4.79 Å². The van der Waals surface area contributed by atoms with Crippen LogP contribution in [-0.2, 0) is 17.0 Å². The zero-order chi connectivity index (χ0) is 17.6. The monoisotopic (exact) mass is 374 g/mol. The van der Waals surface area contributed by atoms with Crippen molar-refractivity contribution in [2.75, 3.05) is 13.7 Å². The van der Waals surface area contributed by atoms with E-state index in [-0.39, 0.29) is 5.56 Å². The Morgan fingerprint density at radius 2 is 1.92 bits per heavy atom. The van der Waals surface area contributed by atoms with Gasteiger partial charge in [-0.25, -0.2) is 4.98 Å². The quantitative estimate of drug-likeness (QED) is 0.350. The number of aromatic nitrogens is 2. The fourth-order valence-corrected chi connectivity index (χ4v) is 3.89. The van der Waals surface area contributed by atoms with Crippen molar-refractivity contribution in [2.24, 2.45) is 0 Å². The van der Waals surface area contributed by atoms with Crippen molar-refractivity contribution in [3.8, 4) is 0 Å². The average Bonchev–Trinajstić information content (AvgIpc) is 2.63. The van der Waals surface area contributed by atoms with Crippen molar-refractivity contribution < 1.29 is 4.74 Å². The smallest absolute Gasteiger partial charge is 0.262 e. The van der Waals surface area contributed by atoms with E-state index >= 15 is 0 Å². The number of fused-ring (bicyclic) bond motifs is 1. The summed E-state index contributed by atoms with van der Waals surface area (Å²) in [5, 5.41) is 2.07. The summed E-state index contributed by atoms with van der Waals surface area (Å²) in [6.07, 6.45) is 0.760. The second kappa shape index (κ2) is 8.52. The van der Waals surface area contributed by atoms with Crippen molar-refractivity contribution in [2.45, 2.75) is 23.9 Å². The molecule has 0 saturated carbocycles.